The summed E-state index contributed by atoms with van der Waals surface area (Å²) in [5, 5.41) is 22.2. The van der Waals surface area contributed by atoms with Gasteiger partial charge in [-0.1, -0.05) is 0 Å². The van der Waals surface area contributed by atoms with E-state index in [1.807, 2.05) is 13.8 Å². The number of carbonyl (C=O) groups excluding carboxylic acids is 2. The molecule has 1 atom stereocenters. The predicted molar refractivity (Wildman–Crippen MR) is 129 cm³/mol. The molecule has 0 aliphatic carbocycles. The van der Waals surface area contributed by atoms with Gasteiger partial charge in [0.15, 0.2) is 11.5 Å². The minimum absolute atomic E-state index is 0.0706. The number of hydrogen-bond acceptors (Lipinski definition) is 9. The van der Waals surface area contributed by atoms with Gasteiger partial charge >= 0.3 is 0 Å². The summed E-state index contributed by atoms with van der Waals surface area (Å²) in [6.07, 6.45) is -0.0958. The molecule has 2 aromatic carbocycles. The zero-order valence-corrected chi connectivity index (χ0v) is 20.6. The Kier molecular flexibility index (Phi) is 8.15. The van der Waals surface area contributed by atoms with Gasteiger partial charge in [-0.2, -0.15) is 0 Å². The fourth-order valence-electron chi connectivity index (χ4n) is 4.00. The highest BCUT2D eigenvalue weighted by Crippen LogP contribution is 2.45. The van der Waals surface area contributed by atoms with Crippen molar-refractivity contribution >= 4 is 23.1 Å². The Morgan fingerprint density at radius 3 is 2.11 bits per heavy atom. The number of likely N-dealkylation sites (tertiary alicyclic amines) is 1. The third kappa shape index (κ3) is 5.10. The van der Waals surface area contributed by atoms with E-state index in [0.717, 1.165) is 0 Å². The van der Waals surface area contributed by atoms with Gasteiger partial charge in [0, 0.05) is 24.2 Å². The molecule has 192 valence electrons. The van der Waals surface area contributed by atoms with E-state index in [4.69, 9.17) is 18.9 Å². The Bertz CT molecular complexity index is 1160. The van der Waals surface area contributed by atoms with Crippen LogP contribution in [-0.2, 0) is 14.3 Å². The van der Waals surface area contributed by atoms with E-state index in [2.05, 4.69) is 0 Å². The Balaban J connectivity index is 2.20. The van der Waals surface area contributed by atoms with Crippen LogP contribution in [-0.4, -0.2) is 67.2 Å². The van der Waals surface area contributed by atoms with Gasteiger partial charge in [0.2, 0.25) is 5.75 Å². The second-order valence-corrected chi connectivity index (χ2v) is 8.17. The average molecular weight is 501 g/mol. The predicted octanol–water partition coefficient (Wildman–Crippen LogP) is 3.47. The van der Waals surface area contributed by atoms with Gasteiger partial charge in [0.1, 0.15) is 5.76 Å². The highest BCUT2D eigenvalue weighted by Gasteiger charge is 2.46. The van der Waals surface area contributed by atoms with Crippen LogP contribution in [0.2, 0.25) is 0 Å². The highest BCUT2D eigenvalue weighted by atomic mass is 16.6. The van der Waals surface area contributed by atoms with Gasteiger partial charge < -0.3 is 29.0 Å². The van der Waals surface area contributed by atoms with E-state index in [-0.39, 0.29) is 36.1 Å². The summed E-state index contributed by atoms with van der Waals surface area (Å²) >= 11 is 0. The van der Waals surface area contributed by atoms with Crippen molar-refractivity contribution in [1.29, 1.82) is 0 Å². The Morgan fingerprint density at radius 1 is 1.06 bits per heavy atom. The maximum absolute atomic E-state index is 13.2. The minimum atomic E-state index is -1.01. The lowest BCUT2D eigenvalue weighted by Crippen LogP contribution is -2.33. The monoisotopic (exact) mass is 500 g/mol. The number of rotatable bonds is 10. The van der Waals surface area contributed by atoms with E-state index in [0.29, 0.717) is 22.8 Å². The number of carbonyl (C=O) groups is 2. The smallest absolute Gasteiger partial charge is 0.295 e. The van der Waals surface area contributed by atoms with Crippen LogP contribution in [0.1, 0.15) is 31.0 Å². The number of benzene rings is 2. The molecule has 11 heteroatoms. The van der Waals surface area contributed by atoms with E-state index < -0.39 is 28.4 Å². The van der Waals surface area contributed by atoms with Crippen molar-refractivity contribution < 1.29 is 38.6 Å². The van der Waals surface area contributed by atoms with Gasteiger partial charge in [0.05, 0.1) is 50.6 Å². The molecule has 0 spiro atoms. The molecule has 1 amide bonds. The number of non-ortho nitro benzene ring substituents is 1. The molecule has 0 radical (unpaired) electrons. The lowest BCUT2D eigenvalue weighted by Gasteiger charge is -2.26. The molecule has 2 aromatic rings. The first-order valence-corrected chi connectivity index (χ1v) is 11.1. The summed E-state index contributed by atoms with van der Waals surface area (Å²) < 4.78 is 21.8. The van der Waals surface area contributed by atoms with Crippen molar-refractivity contribution in [1.82, 2.24) is 4.90 Å². The number of hydrogen-bond donors (Lipinski definition) is 1. The van der Waals surface area contributed by atoms with Crippen LogP contribution >= 0.6 is 0 Å². The lowest BCUT2D eigenvalue weighted by molar-refractivity contribution is -0.384. The van der Waals surface area contributed by atoms with Crippen LogP contribution in [0.15, 0.2) is 42.0 Å². The minimum Gasteiger partial charge on any atom is -0.507 e. The molecule has 0 aromatic heterocycles. The van der Waals surface area contributed by atoms with Crippen molar-refractivity contribution in [3.8, 4) is 17.2 Å². The van der Waals surface area contributed by atoms with Gasteiger partial charge in [-0.3, -0.25) is 19.7 Å². The third-order valence-corrected chi connectivity index (χ3v) is 5.68. The fourth-order valence-corrected chi connectivity index (χ4v) is 4.00. The summed E-state index contributed by atoms with van der Waals surface area (Å²) in [5.41, 5.74) is 0.220. The topological polar surface area (TPSA) is 138 Å². The van der Waals surface area contributed by atoms with Crippen molar-refractivity contribution in [2.75, 3.05) is 34.5 Å². The molecule has 11 nitrogen and oxygen atoms in total. The molecule has 1 N–H and O–H groups in total. The van der Waals surface area contributed by atoms with Crippen LogP contribution in [0.5, 0.6) is 17.2 Å². The van der Waals surface area contributed by atoms with Crippen LogP contribution < -0.4 is 14.2 Å². The third-order valence-electron chi connectivity index (χ3n) is 5.68. The maximum atomic E-state index is 13.2. The number of methoxy groups -OCH3 is 3. The zero-order valence-electron chi connectivity index (χ0n) is 20.6. The summed E-state index contributed by atoms with van der Waals surface area (Å²) in [4.78, 5) is 38.0. The number of aliphatic hydroxyl groups excluding tert-OH is 1. The van der Waals surface area contributed by atoms with Crippen LogP contribution in [0.3, 0.4) is 0 Å². The Hall–Kier alpha value is -4.12. The quantitative estimate of drug-likeness (QED) is 0.171. The summed E-state index contributed by atoms with van der Waals surface area (Å²) in [5.74, 6) is -1.26. The second-order valence-electron chi connectivity index (χ2n) is 8.17. The molecule has 0 bridgehead atoms. The van der Waals surface area contributed by atoms with Crippen molar-refractivity contribution in [3.05, 3.63) is 63.2 Å². The number of nitro groups is 1. The van der Waals surface area contributed by atoms with Crippen LogP contribution in [0.4, 0.5) is 5.69 Å². The number of aliphatic hydroxyl groups is 1. The number of ether oxygens (including phenoxy) is 4. The molecule has 0 saturated carbocycles. The normalized spacial score (nSPS) is 16.9. The second kappa shape index (κ2) is 11.1. The van der Waals surface area contributed by atoms with Crippen molar-refractivity contribution in [2.24, 2.45) is 0 Å². The Labute approximate surface area is 208 Å². The average Bonchev–Trinajstić information content (AvgIpc) is 3.12. The first-order chi connectivity index (χ1) is 17.1. The van der Waals surface area contributed by atoms with Crippen molar-refractivity contribution in [2.45, 2.75) is 26.0 Å². The number of amides is 1. The van der Waals surface area contributed by atoms with Crippen molar-refractivity contribution in [3.63, 3.8) is 0 Å². The number of nitro benzene ring substituents is 1. The fraction of sp³-hybridized carbons (Fsp3) is 0.360. The SMILES string of the molecule is COc1cc(C2/C(=C(\O)c3ccc([N+](=O)[O-])cc3)C(=O)C(=O)N2CCOC(C)C)cc(OC)c1OC. The van der Waals surface area contributed by atoms with Crippen LogP contribution in [0, 0.1) is 10.1 Å². The van der Waals surface area contributed by atoms with Gasteiger partial charge in [-0.05, 0) is 43.7 Å². The summed E-state index contributed by atoms with van der Waals surface area (Å²) in [6.45, 7) is 3.92. The molecule has 1 saturated heterocycles. The van der Waals surface area contributed by atoms with E-state index in [1.165, 1.54) is 50.5 Å². The zero-order chi connectivity index (χ0) is 26.6. The van der Waals surface area contributed by atoms with E-state index >= 15 is 0 Å². The highest BCUT2D eigenvalue weighted by molar-refractivity contribution is 6.46. The molecule has 1 fully saturated rings. The largest absolute Gasteiger partial charge is 0.507 e. The van der Waals surface area contributed by atoms with Gasteiger partial charge in [-0.15, -0.1) is 0 Å². The molecule has 3 rings (SSSR count). The lowest BCUT2D eigenvalue weighted by atomic mass is 9.94. The molecule has 1 heterocycles. The van der Waals surface area contributed by atoms with Gasteiger partial charge in [-0.25, -0.2) is 0 Å². The molecular formula is C25H28N2O9. The van der Waals surface area contributed by atoms with Crippen LogP contribution in [0.25, 0.3) is 5.76 Å². The number of Topliss-reactive ketones (excluding diaryl/α,β-unsaturated/α-hetero) is 1. The maximum Gasteiger partial charge on any atom is 0.295 e. The molecule has 36 heavy (non-hydrogen) atoms. The molecule has 1 aliphatic rings. The molecular weight excluding hydrogens is 472 g/mol. The summed E-state index contributed by atoms with van der Waals surface area (Å²) in [7, 11) is 4.32. The Morgan fingerprint density at radius 2 is 1.64 bits per heavy atom. The first-order valence-electron chi connectivity index (χ1n) is 11.1. The molecule has 1 unspecified atom stereocenters. The number of nitrogens with zero attached hydrogens (tertiary/aromatic N) is 2. The van der Waals surface area contributed by atoms with E-state index in [1.54, 1.807) is 12.1 Å². The standard InChI is InChI=1S/C25H28N2O9/c1-14(2)36-11-10-26-21(16-12-18(33-3)24(35-5)19(13-16)34-4)20(23(29)25(26)30)22(28)15-6-8-17(9-7-15)27(31)32/h6-9,12-14,21,28H,10-11H2,1-5H3/b22-20+. The summed E-state index contributed by atoms with van der Waals surface area (Å²) in [6, 6.07) is 7.22. The van der Waals surface area contributed by atoms with Gasteiger partial charge in [0.25, 0.3) is 17.4 Å². The number of ketones is 1. The van der Waals surface area contributed by atoms with E-state index in [9.17, 15) is 24.8 Å². The first kappa shape index (κ1) is 26.5. The molecule has 1 aliphatic heterocycles.